The molecule has 1 saturated heterocycles. The largest absolute Gasteiger partial charge is 0.497 e. The molecule has 1 aromatic carbocycles. The summed E-state index contributed by atoms with van der Waals surface area (Å²) >= 11 is 0. The van der Waals surface area contributed by atoms with E-state index >= 15 is 0 Å². The van der Waals surface area contributed by atoms with Crippen molar-refractivity contribution >= 4 is 5.97 Å². The van der Waals surface area contributed by atoms with E-state index in [1.54, 1.807) is 14.0 Å². The van der Waals surface area contributed by atoms with Crippen LogP contribution in [-0.2, 0) is 25.6 Å². The lowest BCUT2D eigenvalue weighted by Crippen LogP contribution is -2.48. The van der Waals surface area contributed by atoms with Gasteiger partial charge in [0.25, 0.3) is 0 Å². The topological polar surface area (TPSA) is 74.2 Å². The number of esters is 1. The molecule has 0 bridgehead atoms. The van der Waals surface area contributed by atoms with Crippen molar-refractivity contribution in [2.24, 2.45) is 0 Å². The van der Waals surface area contributed by atoms with Gasteiger partial charge in [-0.3, -0.25) is 0 Å². The van der Waals surface area contributed by atoms with Crippen LogP contribution >= 0.6 is 0 Å². The Balaban J connectivity index is 1.69. The predicted octanol–water partition coefficient (Wildman–Crippen LogP) is 2.46. The molecule has 1 aliphatic heterocycles. The number of hydrogen-bond donors (Lipinski definition) is 1. The Hall–Kier alpha value is -1.63. The van der Waals surface area contributed by atoms with E-state index in [9.17, 15) is 9.90 Å². The molecular weight excluding hydrogens is 324 g/mol. The molecule has 140 valence electrons. The molecule has 0 saturated carbocycles. The first-order chi connectivity index (χ1) is 12.0. The minimum absolute atomic E-state index is 0.0123. The first-order valence-corrected chi connectivity index (χ1v) is 8.73. The van der Waals surface area contributed by atoms with Gasteiger partial charge >= 0.3 is 5.97 Å². The predicted molar refractivity (Wildman–Crippen MR) is 92.4 cm³/mol. The van der Waals surface area contributed by atoms with Gasteiger partial charge in [0.1, 0.15) is 5.75 Å². The highest BCUT2D eigenvalue weighted by molar-refractivity contribution is 5.79. The fraction of sp³-hybridized carbons (Fsp3) is 0.632. The van der Waals surface area contributed by atoms with Gasteiger partial charge in [0.05, 0.1) is 32.5 Å². The Morgan fingerprint density at radius 2 is 2.04 bits per heavy atom. The monoisotopic (exact) mass is 352 g/mol. The van der Waals surface area contributed by atoms with Crippen LogP contribution in [0.25, 0.3) is 0 Å². The molecule has 1 aromatic rings. The number of ether oxygens (including phenoxy) is 4. The van der Waals surface area contributed by atoms with Crippen molar-refractivity contribution in [1.82, 2.24) is 0 Å². The molecule has 6 nitrogen and oxygen atoms in total. The second kappa shape index (κ2) is 9.17. The van der Waals surface area contributed by atoms with Crippen molar-refractivity contribution in [3.63, 3.8) is 0 Å². The summed E-state index contributed by atoms with van der Waals surface area (Å²) in [5.74, 6) is 0.194. The van der Waals surface area contributed by atoms with Gasteiger partial charge in [0, 0.05) is 6.61 Å². The molecule has 25 heavy (non-hydrogen) atoms. The van der Waals surface area contributed by atoms with E-state index in [0.717, 1.165) is 24.2 Å². The highest BCUT2D eigenvalue weighted by Gasteiger charge is 2.45. The van der Waals surface area contributed by atoms with Gasteiger partial charge in [0.2, 0.25) is 0 Å². The van der Waals surface area contributed by atoms with E-state index in [0.29, 0.717) is 19.6 Å². The number of rotatable bonds is 9. The van der Waals surface area contributed by atoms with Gasteiger partial charge < -0.3 is 24.1 Å². The Labute approximate surface area is 149 Å². The van der Waals surface area contributed by atoms with E-state index in [1.165, 1.54) is 6.92 Å². The molecule has 1 fully saturated rings. The fourth-order valence-electron chi connectivity index (χ4n) is 2.87. The van der Waals surface area contributed by atoms with Crippen LogP contribution in [0.2, 0.25) is 0 Å². The van der Waals surface area contributed by atoms with Crippen LogP contribution in [0.15, 0.2) is 24.3 Å². The third kappa shape index (κ3) is 5.42. The lowest BCUT2D eigenvalue weighted by Gasteiger charge is -2.27. The minimum Gasteiger partial charge on any atom is -0.497 e. The first-order valence-electron chi connectivity index (χ1n) is 8.73. The zero-order valence-corrected chi connectivity index (χ0v) is 15.2. The van der Waals surface area contributed by atoms with E-state index in [-0.39, 0.29) is 12.7 Å². The van der Waals surface area contributed by atoms with Gasteiger partial charge in [-0.1, -0.05) is 12.1 Å². The molecule has 1 aliphatic rings. The Morgan fingerprint density at radius 1 is 1.32 bits per heavy atom. The first kappa shape index (κ1) is 19.7. The van der Waals surface area contributed by atoms with Gasteiger partial charge in [0.15, 0.2) is 5.60 Å². The van der Waals surface area contributed by atoms with Crippen molar-refractivity contribution in [1.29, 1.82) is 0 Å². The quantitative estimate of drug-likeness (QED) is 0.544. The third-order valence-corrected chi connectivity index (χ3v) is 4.44. The maximum absolute atomic E-state index is 11.8. The standard InChI is InChI=1S/C19H28O6/c1-4-24-18(20)19(2,21)17-10-9-16(25-17)11-12-23-13-14-5-7-15(22-3)8-6-14/h5-8,16-17,21H,4,9-13H2,1-3H3/t16-,17+,19-/m0/s1. The molecule has 0 aromatic heterocycles. The van der Waals surface area contributed by atoms with E-state index in [1.807, 2.05) is 24.3 Å². The Bertz CT molecular complexity index is 539. The van der Waals surface area contributed by atoms with Gasteiger partial charge in [-0.2, -0.15) is 0 Å². The molecule has 2 rings (SSSR count). The highest BCUT2D eigenvalue weighted by atomic mass is 16.6. The smallest absolute Gasteiger partial charge is 0.340 e. The maximum Gasteiger partial charge on any atom is 0.340 e. The van der Waals surface area contributed by atoms with Crippen LogP contribution in [-0.4, -0.2) is 49.2 Å². The van der Waals surface area contributed by atoms with Crippen LogP contribution in [0.1, 0.15) is 38.7 Å². The summed E-state index contributed by atoms with van der Waals surface area (Å²) < 4.78 is 21.6. The third-order valence-electron chi connectivity index (χ3n) is 4.44. The molecule has 0 amide bonds. The Morgan fingerprint density at radius 3 is 2.68 bits per heavy atom. The second-order valence-corrected chi connectivity index (χ2v) is 6.38. The molecule has 1 N–H and O–H groups in total. The molecule has 0 radical (unpaired) electrons. The summed E-state index contributed by atoms with van der Waals surface area (Å²) in [7, 11) is 1.64. The van der Waals surface area contributed by atoms with Crippen molar-refractivity contribution in [3.05, 3.63) is 29.8 Å². The van der Waals surface area contributed by atoms with Crippen molar-refractivity contribution in [2.75, 3.05) is 20.3 Å². The summed E-state index contributed by atoms with van der Waals surface area (Å²) in [6, 6.07) is 7.75. The van der Waals surface area contributed by atoms with Gasteiger partial charge in [-0.15, -0.1) is 0 Å². The van der Waals surface area contributed by atoms with E-state index in [4.69, 9.17) is 18.9 Å². The SMILES string of the molecule is CCOC(=O)[C@@](C)(O)[C@H]1CC[C@@H](CCOCc2ccc(OC)cc2)O1. The summed E-state index contributed by atoms with van der Waals surface area (Å²) in [4.78, 5) is 11.8. The van der Waals surface area contributed by atoms with Crippen molar-refractivity contribution in [2.45, 2.75) is 57.5 Å². The maximum atomic E-state index is 11.8. The molecular formula is C19H28O6. The summed E-state index contributed by atoms with van der Waals surface area (Å²) in [5.41, 5.74) is -0.523. The fourth-order valence-corrected chi connectivity index (χ4v) is 2.87. The van der Waals surface area contributed by atoms with Crippen molar-refractivity contribution in [3.8, 4) is 5.75 Å². The van der Waals surface area contributed by atoms with Crippen LogP contribution in [0.5, 0.6) is 5.75 Å². The van der Waals surface area contributed by atoms with Crippen LogP contribution in [0.4, 0.5) is 0 Å². The number of aliphatic hydroxyl groups is 1. The number of benzene rings is 1. The number of carbonyl (C=O) groups is 1. The molecule has 6 heteroatoms. The van der Waals surface area contributed by atoms with Crippen LogP contribution in [0, 0.1) is 0 Å². The zero-order valence-electron chi connectivity index (χ0n) is 15.2. The van der Waals surface area contributed by atoms with Crippen LogP contribution in [0.3, 0.4) is 0 Å². The van der Waals surface area contributed by atoms with Gasteiger partial charge in [-0.05, 0) is 50.8 Å². The van der Waals surface area contributed by atoms with Crippen molar-refractivity contribution < 1.29 is 28.8 Å². The number of hydrogen-bond acceptors (Lipinski definition) is 6. The summed E-state index contributed by atoms with van der Waals surface area (Å²) in [5, 5.41) is 10.4. The average molecular weight is 352 g/mol. The number of carbonyl (C=O) groups excluding carboxylic acids is 1. The normalized spacial score (nSPS) is 22.4. The lowest BCUT2D eigenvalue weighted by molar-refractivity contribution is -0.178. The molecule has 3 atom stereocenters. The Kier molecular flexibility index (Phi) is 7.23. The molecule has 1 heterocycles. The lowest BCUT2D eigenvalue weighted by atomic mass is 9.96. The van der Waals surface area contributed by atoms with Gasteiger partial charge in [-0.25, -0.2) is 4.79 Å². The average Bonchev–Trinajstić information content (AvgIpc) is 3.09. The minimum atomic E-state index is -1.60. The number of methoxy groups -OCH3 is 1. The second-order valence-electron chi connectivity index (χ2n) is 6.38. The highest BCUT2D eigenvalue weighted by Crippen LogP contribution is 2.30. The molecule has 0 unspecified atom stereocenters. The van der Waals surface area contributed by atoms with Crippen LogP contribution < -0.4 is 4.74 Å². The summed E-state index contributed by atoms with van der Waals surface area (Å²) in [6.45, 7) is 4.50. The van der Waals surface area contributed by atoms with E-state index < -0.39 is 17.7 Å². The molecule has 0 aliphatic carbocycles. The molecule has 0 spiro atoms. The van der Waals surface area contributed by atoms with E-state index in [2.05, 4.69) is 0 Å². The zero-order chi connectivity index (χ0) is 18.3. The summed E-state index contributed by atoms with van der Waals surface area (Å²) in [6.07, 6.45) is 1.62.